The fourth-order valence-corrected chi connectivity index (χ4v) is 3.80. The summed E-state index contributed by atoms with van der Waals surface area (Å²) in [4.78, 5) is 17.3. The molecular formula is C21H16N4O2. The molecule has 5 aromatic rings. The second-order valence-corrected chi connectivity index (χ2v) is 6.64. The van der Waals surface area contributed by atoms with Gasteiger partial charge in [0.1, 0.15) is 0 Å². The molecule has 0 radical (unpaired) electrons. The first kappa shape index (κ1) is 15.5. The number of para-hydroxylation sites is 1. The van der Waals surface area contributed by atoms with Crippen molar-refractivity contribution in [1.82, 2.24) is 14.5 Å². The molecule has 0 aliphatic rings. The van der Waals surface area contributed by atoms with Gasteiger partial charge in [0.05, 0.1) is 10.4 Å². The number of rotatable bonds is 3. The molecule has 0 amide bonds. The van der Waals surface area contributed by atoms with Gasteiger partial charge in [0.2, 0.25) is 0 Å². The molecule has 2 N–H and O–H groups in total. The summed E-state index contributed by atoms with van der Waals surface area (Å²) in [6.07, 6.45) is 8.02. The molecular weight excluding hydrogens is 340 g/mol. The Morgan fingerprint density at radius 3 is 2.52 bits per heavy atom. The van der Waals surface area contributed by atoms with Crippen LogP contribution in [0, 0.1) is 10.1 Å². The van der Waals surface area contributed by atoms with E-state index in [1.165, 1.54) is 0 Å². The SMILES string of the molecule is Cn1cc(-c2c[nH]cc2-c2c[nH]c3ccccc23)c2ccc([N+](=O)[O-])cc21. The van der Waals surface area contributed by atoms with Crippen LogP contribution >= 0.6 is 0 Å². The number of aromatic amines is 2. The molecule has 0 unspecified atom stereocenters. The molecule has 0 saturated carbocycles. The average molecular weight is 356 g/mol. The van der Waals surface area contributed by atoms with Gasteiger partial charge in [0.15, 0.2) is 0 Å². The molecule has 6 nitrogen and oxygen atoms in total. The summed E-state index contributed by atoms with van der Waals surface area (Å²) >= 11 is 0. The fraction of sp³-hybridized carbons (Fsp3) is 0.0476. The number of aryl methyl sites for hydroxylation is 1. The molecule has 6 heteroatoms. The predicted octanol–water partition coefficient (Wildman–Crippen LogP) is 5.23. The van der Waals surface area contributed by atoms with Crippen LogP contribution in [0.15, 0.2) is 67.3 Å². The maximum Gasteiger partial charge on any atom is 0.271 e. The summed E-state index contributed by atoms with van der Waals surface area (Å²) in [6.45, 7) is 0. The Bertz CT molecular complexity index is 1320. The van der Waals surface area contributed by atoms with Crippen molar-refractivity contribution in [2.75, 3.05) is 0 Å². The van der Waals surface area contributed by atoms with Crippen molar-refractivity contribution in [2.24, 2.45) is 7.05 Å². The van der Waals surface area contributed by atoms with Crippen molar-refractivity contribution >= 4 is 27.5 Å². The van der Waals surface area contributed by atoms with Gasteiger partial charge in [0.25, 0.3) is 5.69 Å². The Morgan fingerprint density at radius 2 is 1.70 bits per heavy atom. The van der Waals surface area contributed by atoms with Crippen LogP contribution in [0.1, 0.15) is 0 Å². The normalized spacial score (nSPS) is 11.4. The number of benzene rings is 2. The van der Waals surface area contributed by atoms with Gasteiger partial charge < -0.3 is 14.5 Å². The molecule has 0 aliphatic carbocycles. The number of nitrogens with zero attached hydrogens (tertiary/aromatic N) is 2. The smallest absolute Gasteiger partial charge is 0.271 e. The quantitative estimate of drug-likeness (QED) is 0.343. The van der Waals surface area contributed by atoms with Gasteiger partial charge in [-0.2, -0.15) is 0 Å². The molecule has 0 saturated heterocycles. The summed E-state index contributed by atoms with van der Waals surface area (Å²) in [5.41, 5.74) is 6.36. The molecule has 5 rings (SSSR count). The van der Waals surface area contributed by atoms with E-state index in [1.807, 2.05) is 54.6 Å². The van der Waals surface area contributed by atoms with Crippen LogP contribution < -0.4 is 0 Å². The third kappa shape index (κ3) is 2.27. The summed E-state index contributed by atoms with van der Waals surface area (Å²) in [5.74, 6) is 0. The number of fused-ring (bicyclic) bond motifs is 2. The van der Waals surface area contributed by atoms with Gasteiger partial charge in [-0.05, 0) is 12.1 Å². The summed E-state index contributed by atoms with van der Waals surface area (Å²) in [6, 6.07) is 13.2. The van der Waals surface area contributed by atoms with Crippen molar-refractivity contribution in [3.63, 3.8) is 0 Å². The highest BCUT2D eigenvalue weighted by molar-refractivity contribution is 6.04. The van der Waals surface area contributed by atoms with E-state index in [1.54, 1.807) is 12.1 Å². The maximum atomic E-state index is 11.1. The predicted molar refractivity (Wildman–Crippen MR) is 107 cm³/mol. The van der Waals surface area contributed by atoms with Crippen LogP contribution in [0.25, 0.3) is 44.1 Å². The number of non-ortho nitro benzene ring substituents is 1. The van der Waals surface area contributed by atoms with Gasteiger partial charge in [-0.1, -0.05) is 18.2 Å². The van der Waals surface area contributed by atoms with Crippen molar-refractivity contribution in [3.8, 4) is 22.3 Å². The third-order valence-corrected chi connectivity index (χ3v) is 5.10. The first-order valence-corrected chi connectivity index (χ1v) is 8.60. The van der Waals surface area contributed by atoms with E-state index < -0.39 is 0 Å². The first-order valence-electron chi connectivity index (χ1n) is 8.60. The molecule has 2 aromatic carbocycles. The lowest BCUT2D eigenvalue weighted by Gasteiger charge is -2.03. The van der Waals surface area contributed by atoms with E-state index in [2.05, 4.69) is 22.1 Å². The average Bonchev–Trinajstić information content (AvgIpc) is 3.38. The molecule has 0 aliphatic heterocycles. The Balaban J connectivity index is 1.74. The monoisotopic (exact) mass is 356 g/mol. The van der Waals surface area contributed by atoms with Gasteiger partial charge in [-0.15, -0.1) is 0 Å². The van der Waals surface area contributed by atoms with Crippen LogP contribution in [0.3, 0.4) is 0 Å². The number of hydrogen-bond donors (Lipinski definition) is 2. The molecule has 3 aromatic heterocycles. The Labute approximate surface area is 154 Å². The van der Waals surface area contributed by atoms with Crippen molar-refractivity contribution in [3.05, 3.63) is 77.4 Å². The minimum Gasteiger partial charge on any atom is -0.366 e. The van der Waals surface area contributed by atoms with Crippen LogP contribution in [-0.4, -0.2) is 19.5 Å². The van der Waals surface area contributed by atoms with E-state index in [-0.39, 0.29) is 10.6 Å². The lowest BCUT2D eigenvalue weighted by atomic mass is 9.98. The second-order valence-electron chi connectivity index (χ2n) is 6.64. The fourth-order valence-electron chi connectivity index (χ4n) is 3.80. The van der Waals surface area contributed by atoms with Crippen molar-refractivity contribution in [2.45, 2.75) is 0 Å². The zero-order chi connectivity index (χ0) is 18.5. The third-order valence-electron chi connectivity index (χ3n) is 5.10. The number of nitro benzene ring substituents is 1. The Hall–Kier alpha value is -3.80. The molecule has 0 atom stereocenters. The van der Waals surface area contributed by atoms with Crippen molar-refractivity contribution < 1.29 is 4.92 Å². The number of H-pyrrole nitrogens is 2. The molecule has 0 spiro atoms. The summed E-state index contributed by atoms with van der Waals surface area (Å²) in [5, 5.41) is 13.3. The number of hydrogen-bond acceptors (Lipinski definition) is 2. The zero-order valence-corrected chi connectivity index (χ0v) is 14.6. The summed E-state index contributed by atoms with van der Waals surface area (Å²) in [7, 11) is 1.91. The topological polar surface area (TPSA) is 79.6 Å². The lowest BCUT2D eigenvalue weighted by molar-refractivity contribution is -0.384. The van der Waals surface area contributed by atoms with Crippen LogP contribution in [0.4, 0.5) is 5.69 Å². The van der Waals surface area contributed by atoms with Crippen molar-refractivity contribution in [1.29, 1.82) is 0 Å². The second kappa shape index (κ2) is 5.60. The Morgan fingerprint density at radius 1 is 0.926 bits per heavy atom. The van der Waals surface area contributed by atoms with E-state index in [4.69, 9.17) is 0 Å². The minimum atomic E-state index is -0.361. The molecule has 0 fully saturated rings. The van der Waals surface area contributed by atoms with E-state index in [0.717, 1.165) is 44.1 Å². The van der Waals surface area contributed by atoms with Gasteiger partial charge in [0, 0.05) is 82.5 Å². The summed E-state index contributed by atoms with van der Waals surface area (Å²) < 4.78 is 1.93. The molecule has 27 heavy (non-hydrogen) atoms. The lowest BCUT2D eigenvalue weighted by Crippen LogP contribution is -1.89. The molecule has 132 valence electrons. The molecule has 3 heterocycles. The number of nitro groups is 1. The van der Waals surface area contributed by atoms with Crippen LogP contribution in [0.2, 0.25) is 0 Å². The van der Waals surface area contributed by atoms with Gasteiger partial charge in [-0.3, -0.25) is 10.1 Å². The van der Waals surface area contributed by atoms with E-state index in [0.29, 0.717) is 0 Å². The minimum absolute atomic E-state index is 0.0983. The van der Waals surface area contributed by atoms with Gasteiger partial charge >= 0.3 is 0 Å². The largest absolute Gasteiger partial charge is 0.366 e. The van der Waals surface area contributed by atoms with Crippen LogP contribution in [-0.2, 0) is 7.05 Å². The number of aromatic nitrogens is 3. The van der Waals surface area contributed by atoms with Crippen LogP contribution in [0.5, 0.6) is 0 Å². The highest BCUT2D eigenvalue weighted by Gasteiger charge is 2.18. The maximum absolute atomic E-state index is 11.1. The van der Waals surface area contributed by atoms with E-state index >= 15 is 0 Å². The standard InChI is InChI=1S/C21H16N4O2/c1-24-12-19(15-7-6-13(25(26)27)8-21(15)24)17-10-22-9-16(17)18-11-23-20-5-3-2-4-14(18)20/h2-12,22-23H,1H3. The zero-order valence-electron chi connectivity index (χ0n) is 14.6. The highest BCUT2D eigenvalue weighted by Crippen LogP contribution is 2.40. The first-order chi connectivity index (χ1) is 13.1. The highest BCUT2D eigenvalue weighted by atomic mass is 16.6. The molecule has 0 bridgehead atoms. The van der Waals surface area contributed by atoms with E-state index in [9.17, 15) is 10.1 Å². The van der Waals surface area contributed by atoms with Gasteiger partial charge in [-0.25, -0.2) is 0 Å². The Kier molecular flexibility index (Phi) is 3.21. The number of nitrogens with one attached hydrogen (secondary N) is 2.